The standard InChI is InChI=1S/C43H54N10O7/c1-25-22-33(20-21-53(25)42(58)59)47-39(55)35-19-18-34(26(2)45-35)29-10-6-27(7-11-29)23-36(40(56)46-32-16-14-30(15-17-32)37-49-51-52-50-37)48-38(54)31-12-8-28(9-13-31)24-44-41(57)60-43(3,4)5/h6-7,10-11,14-19,25,28,31,33,36H,8-9,12-13,20-24H2,1-5H3,(H,44,57)(H,46,56)(H,47,55)(H,48,54)(H,58,59)(H,49,50,51,52)/t25-,28?,31?,33-,36+/m1/s1. The van der Waals surface area contributed by atoms with E-state index in [1.54, 1.807) is 30.3 Å². The molecule has 17 nitrogen and oxygen atoms in total. The van der Waals surface area contributed by atoms with Gasteiger partial charge in [-0.1, -0.05) is 30.3 Å². The zero-order valence-corrected chi connectivity index (χ0v) is 34.7. The van der Waals surface area contributed by atoms with Gasteiger partial charge in [0.2, 0.25) is 17.6 Å². The molecule has 6 rings (SSSR count). The van der Waals surface area contributed by atoms with Crippen LogP contribution in [0.5, 0.6) is 0 Å². The molecule has 5 amide bonds. The van der Waals surface area contributed by atoms with E-state index in [0.29, 0.717) is 56.0 Å². The number of carbonyl (C=O) groups is 5. The average Bonchev–Trinajstić information content (AvgIpc) is 3.75. The van der Waals surface area contributed by atoms with Crippen molar-refractivity contribution in [3.05, 3.63) is 77.6 Å². The number of alkyl carbamates (subject to hydrolysis) is 1. The second-order valence-corrected chi connectivity index (χ2v) is 16.7. The lowest BCUT2D eigenvalue weighted by Gasteiger charge is -2.36. The molecule has 1 saturated carbocycles. The number of likely N-dealkylation sites (tertiary alicyclic amines) is 1. The van der Waals surface area contributed by atoms with Crippen molar-refractivity contribution in [3.8, 4) is 22.5 Å². The van der Waals surface area contributed by atoms with E-state index in [1.165, 1.54) is 4.90 Å². The van der Waals surface area contributed by atoms with Crippen molar-refractivity contribution in [1.29, 1.82) is 0 Å². The van der Waals surface area contributed by atoms with Crippen LogP contribution in [0, 0.1) is 18.8 Å². The van der Waals surface area contributed by atoms with E-state index in [-0.39, 0.29) is 53.8 Å². The van der Waals surface area contributed by atoms with Crippen LogP contribution in [0.25, 0.3) is 22.5 Å². The van der Waals surface area contributed by atoms with E-state index in [4.69, 9.17) is 4.74 Å². The lowest BCUT2D eigenvalue weighted by molar-refractivity contribution is -0.130. The fourth-order valence-corrected chi connectivity index (χ4v) is 7.78. The molecule has 6 N–H and O–H groups in total. The van der Waals surface area contributed by atoms with Crippen molar-refractivity contribution in [2.75, 3.05) is 18.4 Å². The second-order valence-electron chi connectivity index (χ2n) is 16.7. The Bertz CT molecular complexity index is 2130. The quantitative estimate of drug-likeness (QED) is 0.105. The van der Waals surface area contributed by atoms with E-state index in [1.807, 2.05) is 65.0 Å². The highest BCUT2D eigenvalue weighted by atomic mass is 16.6. The molecular formula is C43H54N10O7. The summed E-state index contributed by atoms with van der Waals surface area (Å²) in [6.07, 6.45) is 2.66. The Labute approximate surface area is 348 Å². The molecule has 318 valence electrons. The van der Waals surface area contributed by atoms with Gasteiger partial charge in [0.05, 0.1) is 0 Å². The van der Waals surface area contributed by atoms with Crippen molar-refractivity contribution < 1.29 is 33.8 Å². The van der Waals surface area contributed by atoms with E-state index >= 15 is 0 Å². The number of hydrogen-bond donors (Lipinski definition) is 6. The number of hydrogen-bond acceptors (Lipinski definition) is 10. The maximum absolute atomic E-state index is 13.9. The van der Waals surface area contributed by atoms with Gasteiger partial charge in [0.25, 0.3) is 5.91 Å². The number of tetrazole rings is 1. The fourth-order valence-electron chi connectivity index (χ4n) is 7.78. The van der Waals surface area contributed by atoms with Gasteiger partial charge in [0.1, 0.15) is 17.3 Å². The van der Waals surface area contributed by atoms with Crippen LogP contribution < -0.4 is 21.3 Å². The van der Waals surface area contributed by atoms with Crippen molar-refractivity contribution in [2.24, 2.45) is 11.8 Å². The number of pyridine rings is 1. The van der Waals surface area contributed by atoms with Gasteiger partial charge in [-0.05, 0) is 126 Å². The molecule has 0 unspecified atom stereocenters. The minimum Gasteiger partial charge on any atom is -0.465 e. The van der Waals surface area contributed by atoms with Crippen LogP contribution in [0.2, 0.25) is 0 Å². The van der Waals surface area contributed by atoms with E-state index in [2.05, 4.69) is 46.9 Å². The number of aromatic nitrogens is 5. The molecule has 1 aliphatic carbocycles. The summed E-state index contributed by atoms with van der Waals surface area (Å²) in [6.45, 7) is 9.95. The fraction of sp³-hybridized carbons (Fsp3) is 0.465. The largest absolute Gasteiger partial charge is 0.465 e. The van der Waals surface area contributed by atoms with Gasteiger partial charge in [0.15, 0.2) is 0 Å². The molecule has 0 radical (unpaired) electrons. The smallest absolute Gasteiger partial charge is 0.407 e. The highest BCUT2D eigenvalue weighted by Gasteiger charge is 2.32. The Morgan fingerprint density at radius 2 is 1.63 bits per heavy atom. The highest BCUT2D eigenvalue weighted by Crippen LogP contribution is 2.30. The summed E-state index contributed by atoms with van der Waals surface area (Å²) >= 11 is 0. The summed E-state index contributed by atoms with van der Waals surface area (Å²) in [5, 5.41) is 35.2. The molecule has 2 aromatic heterocycles. The van der Waals surface area contributed by atoms with Gasteiger partial charge >= 0.3 is 12.2 Å². The number of amides is 5. The third-order valence-corrected chi connectivity index (χ3v) is 11.0. The Hall–Kier alpha value is -6.39. The van der Waals surface area contributed by atoms with Gasteiger partial charge in [-0.25, -0.2) is 14.6 Å². The number of nitrogens with one attached hydrogen (secondary N) is 5. The Morgan fingerprint density at radius 3 is 2.25 bits per heavy atom. The molecule has 1 saturated heterocycles. The normalized spacial score (nSPS) is 19.7. The number of H-pyrrole nitrogens is 1. The predicted molar refractivity (Wildman–Crippen MR) is 223 cm³/mol. The second kappa shape index (κ2) is 19.1. The summed E-state index contributed by atoms with van der Waals surface area (Å²) in [6, 6.07) is 17.0. The molecule has 0 bridgehead atoms. The van der Waals surface area contributed by atoms with E-state index in [0.717, 1.165) is 35.1 Å². The van der Waals surface area contributed by atoms with Gasteiger partial charge in [-0.3, -0.25) is 14.4 Å². The van der Waals surface area contributed by atoms with Gasteiger partial charge < -0.3 is 36.0 Å². The average molecular weight is 823 g/mol. The third-order valence-electron chi connectivity index (χ3n) is 11.0. The molecule has 60 heavy (non-hydrogen) atoms. The molecule has 4 aromatic rings. The lowest BCUT2D eigenvalue weighted by Crippen LogP contribution is -2.50. The van der Waals surface area contributed by atoms with Crippen LogP contribution in [0.15, 0.2) is 60.7 Å². The highest BCUT2D eigenvalue weighted by molar-refractivity contribution is 5.98. The molecule has 2 aliphatic rings. The number of anilines is 1. The molecule has 0 spiro atoms. The number of nitrogens with zero attached hydrogens (tertiary/aromatic N) is 5. The lowest BCUT2D eigenvalue weighted by atomic mass is 9.81. The number of benzene rings is 2. The van der Waals surface area contributed by atoms with Crippen molar-refractivity contribution >= 4 is 35.6 Å². The minimum atomic E-state index is -0.955. The maximum atomic E-state index is 13.9. The maximum Gasteiger partial charge on any atom is 0.407 e. The Balaban J connectivity index is 1.09. The number of carbonyl (C=O) groups excluding carboxylic acids is 4. The Morgan fingerprint density at radius 1 is 0.933 bits per heavy atom. The summed E-state index contributed by atoms with van der Waals surface area (Å²) in [5.74, 6) is -0.496. The first-order chi connectivity index (χ1) is 28.6. The van der Waals surface area contributed by atoms with Crippen LogP contribution in [0.1, 0.15) is 88.0 Å². The molecule has 2 fully saturated rings. The van der Waals surface area contributed by atoms with E-state index in [9.17, 15) is 29.1 Å². The molecule has 3 heterocycles. The first-order valence-electron chi connectivity index (χ1n) is 20.4. The summed E-state index contributed by atoms with van der Waals surface area (Å²) in [7, 11) is 0. The molecule has 2 aromatic carbocycles. The first kappa shape index (κ1) is 43.2. The number of ether oxygens (including phenoxy) is 1. The topological polar surface area (TPSA) is 234 Å². The molecular weight excluding hydrogens is 769 g/mol. The molecule has 1 aliphatic heterocycles. The minimum absolute atomic E-state index is 0.147. The summed E-state index contributed by atoms with van der Waals surface area (Å²) in [4.78, 5) is 70.3. The van der Waals surface area contributed by atoms with Gasteiger partial charge in [-0.2, -0.15) is 5.21 Å². The Kier molecular flexibility index (Phi) is 13.8. The number of aromatic amines is 1. The predicted octanol–water partition coefficient (Wildman–Crippen LogP) is 5.49. The SMILES string of the molecule is Cc1nc(C(=O)N[C@@H]2CCN(C(=O)O)[C@H](C)C2)ccc1-c1ccc(C[C@H](NC(=O)C2CCC(CNC(=O)OC(C)(C)C)CC2)C(=O)Nc2ccc(-c3nn[nH]n3)cc2)cc1. The summed E-state index contributed by atoms with van der Waals surface area (Å²) in [5.41, 5.74) is 4.15. The van der Waals surface area contributed by atoms with Gasteiger partial charge in [-0.15, -0.1) is 10.2 Å². The summed E-state index contributed by atoms with van der Waals surface area (Å²) < 4.78 is 5.36. The zero-order chi connectivity index (χ0) is 43.0. The van der Waals surface area contributed by atoms with Crippen LogP contribution in [0.4, 0.5) is 15.3 Å². The molecule has 3 atom stereocenters. The van der Waals surface area contributed by atoms with Crippen LogP contribution >= 0.6 is 0 Å². The van der Waals surface area contributed by atoms with E-state index < -0.39 is 23.8 Å². The van der Waals surface area contributed by atoms with Crippen molar-refractivity contribution in [2.45, 2.75) is 103 Å². The van der Waals surface area contributed by atoms with Crippen LogP contribution in [-0.2, 0) is 20.7 Å². The molecule has 17 heteroatoms. The number of piperidine rings is 1. The van der Waals surface area contributed by atoms with Crippen LogP contribution in [-0.4, -0.2) is 102 Å². The zero-order valence-electron chi connectivity index (χ0n) is 34.7. The monoisotopic (exact) mass is 822 g/mol. The third kappa shape index (κ3) is 11.6. The van der Waals surface area contributed by atoms with Crippen LogP contribution in [0.3, 0.4) is 0 Å². The van der Waals surface area contributed by atoms with Crippen molar-refractivity contribution in [3.63, 3.8) is 0 Å². The van der Waals surface area contributed by atoms with Gasteiger partial charge in [0, 0.05) is 60.0 Å². The number of rotatable bonds is 12. The number of carboxylic acid groups (broad SMARTS) is 1. The first-order valence-corrected chi connectivity index (χ1v) is 20.4. The number of aryl methyl sites for hydroxylation is 1. The van der Waals surface area contributed by atoms with Crippen molar-refractivity contribution in [1.82, 2.24) is 46.5 Å².